The van der Waals surface area contributed by atoms with Crippen molar-refractivity contribution in [1.82, 2.24) is 14.6 Å². The Bertz CT molecular complexity index is 528. The van der Waals surface area contributed by atoms with Crippen molar-refractivity contribution in [3.05, 3.63) is 18.5 Å². The number of sulfonamides is 1. The molecular weight excluding hydrogens is 266 g/mol. The first-order chi connectivity index (χ1) is 8.70. The van der Waals surface area contributed by atoms with Gasteiger partial charge in [0.1, 0.15) is 4.90 Å². The van der Waals surface area contributed by atoms with Gasteiger partial charge in [0.05, 0.1) is 5.69 Å². The fraction of sp³-hybridized carbons (Fsp3) is 0.545. The second-order valence-corrected chi connectivity index (χ2v) is 6.78. The Hall–Kier alpha value is -1.22. The molecule has 0 amide bonds. The molecule has 0 unspecified atom stereocenters. The van der Waals surface area contributed by atoms with E-state index in [1.54, 1.807) is 0 Å². The number of nitrogens with one attached hydrogen (secondary N) is 2. The van der Waals surface area contributed by atoms with Gasteiger partial charge >= 0.3 is 0 Å². The largest absolute Gasteiger partial charge is 0.323 e. The van der Waals surface area contributed by atoms with Gasteiger partial charge in [-0.2, -0.15) is 0 Å². The molecule has 0 aromatic carbocycles. The van der Waals surface area contributed by atoms with E-state index in [0.29, 0.717) is 5.69 Å². The first-order valence-electron chi connectivity index (χ1n) is 5.78. The van der Waals surface area contributed by atoms with Crippen LogP contribution < -0.4 is 16.0 Å². The maximum absolute atomic E-state index is 12.2. The van der Waals surface area contributed by atoms with Crippen LogP contribution in [0.5, 0.6) is 0 Å². The summed E-state index contributed by atoms with van der Waals surface area (Å²) < 4.78 is 27.0. The predicted octanol–water partition coefficient (Wildman–Crippen LogP) is -0.0143. The highest BCUT2D eigenvalue weighted by Crippen LogP contribution is 2.19. The molecule has 4 N–H and O–H groups in total. The van der Waals surface area contributed by atoms with E-state index in [9.17, 15) is 8.42 Å². The summed E-state index contributed by atoms with van der Waals surface area (Å²) in [6.07, 6.45) is 2.73. The Morgan fingerprint density at radius 1 is 1.42 bits per heavy atom. The van der Waals surface area contributed by atoms with Gasteiger partial charge in [0.25, 0.3) is 0 Å². The molecule has 0 saturated carbocycles. The average molecular weight is 287 g/mol. The SMILES string of the molecule is CN(C)C(C)(C)CNS(=O)(=O)c1cnccc1NN. The first-order valence-corrected chi connectivity index (χ1v) is 7.27. The van der Waals surface area contributed by atoms with Crippen molar-refractivity contribution in [3.63, 3.8) is 0 Å². The lowest BCUT2D eigenvalue weighted by Crippen LogP contribution is -2.48. The average Bonchev–Trinajstić information content (AvgIpc) is 2.36. The number of aromatic nitrogens is 1. The predicted molar refractivity (Wildman–Crippen MR) is 75.0 cm³/mol. The quantitative estimate of drug-likeness (QED) is 0.502. The Balaban J connectivity index is 2.94. The van der Waals surface area contributed by atoms with Crippen LogP contribution >= 0.6 is 0 Å². The summed E-state index contributed by atoms with van der Waals surface area (Å²) in [6, 6.07) is 1.51. The van der Waals surface area contributed by atoms with Crippen LogP contribution in [0.25, 0.3) is 0 Å². The molecule has 0 aliphatic heterocycles. The normalized spacial score (nSPS) is 12.7. The number of nitrogens with two attached hydrogens (primary N) is 1. The molecule has 19 heavy (non-hydrogen) atoms. The van der Waals surface area contributed by atoms with Gasteiger partial charge in [-0.15, -0.1) is 0 Å². The number of rotatable bonds is 6. The van der Waals surface area contributed by atoms with Crippen molar-refractivity contribution in [1.29, 1.82) is 0 Å². The maximum atomic E-state index is 12.2. The van der Waals surface area contributed by atoms with E-state index in [2.05, 4.69) is 15.1 Å². The first kappa shape index (κ1) is 15.8. The Morgan fingerprint density at radius 3 is 2.58 bits per heavy atom. The lowest BCUT2D eigenvalue weighted by molar-refractivity contribution is 0.199. The molecule has 0 bridgehead atoms. The van der Waals surface area contributed by atoms with E-state index in [1.165, 1.54) is 18.5 Å². The van der Waals surface area contributed by atoms with Gasteiger partial charge in [-0.25, -0.2) is 13.1 Å². The molecule has 1 aromatic heterocycles. The van der Waals surface area contributed by atoms with Crippen molar-refractivity contribution in [2.75, 3.05) is 26.1 Å². The van der Waals surface area contributed by atoms with Crippen LogP contribution in [-0.4, -0.2) is 44.5 Å². The summed E-state index contributed by atoms with van der Waals surface area (Å²) in [5.74, 6) is 5.30. The zero-order valence-corrected chi connectivity index (χ0v) is 12.5. The van der Waals surface area contributed by atoms with E-state index < -0.39 is 10.0 Å². The number of nitrogens with zero attached hydrogens (tertiary/aromatic N) is 2. The van der Waals surface area contributed by atoms with Gasteiger partial charge in [-0.05, 0) is 34.0 Å². The highest BCUT2D eigenvalue weighted by Gasteiger charge is 2.25. The van der Waals surface area contributed by atoms with Gasteiger partial charge in [-0.1, -0.05) is 0 Å². The fourth-order valence-corrected chi connectivity index (χ4v) is 2.54. The van der Waals surface area contributed by atoms with Gasteiger partial charge in [0.15, 0.2) is 0 Å². The third kappa shape index (κ3) is 3.87. The van der Waals surface area contributed by atoms with Crippen molar-refractivity contribution >= 4 is 15.7 Å². The molecule has 0 saturated heterocycles. The number of likely N-dealkylation sites (N-methyl/N-ethyl adjacent to an activating group) is 1. The van der Waals surface area contributed by atoms with Crippen LogP contribution in [0.2, 0.25) is 0 Å². The number of hydrazine groups is 1. The third-order valence-corrected chi connectivity index (χ3v) is 4.56. The van der Waals surface area contributed by atoms with Gasteiger partial charge < -0.3 is 10.3 Å². The van der Waals surface area contributed by atoms with Crippen molar-refractivity contribution in [3.8, 4) is 0 Å². The minimum Gasteiger partial charge on any atom is -0.323 e. The summed E-state index contributed by atoms with van der Waals surface area (Å²) in [4.78, 5) is 5.79. The topological polar surface area (TPSA) is 100 Å². The van der Waals surface area contributed by atoms with E-state index in [-0.39, 0.29) is 17.0 Å². The monoisotopic (exact) mass is 287 g/mol. The molecule has 0 spiro atoms. The summed E-state index contributed by atoms with van der Waals surface area (Å²) in [7, 11) is 0.137. The molecular formula is C11H21N5O2S. The standard InChI is InChI=1S/C11H21N5O2S/c1-11(2,16(3)4)8-14-19(17,18)10-7-13-6-5-9(10)15-12/h5-7,14H,8,12H2,1-4H3,(H,13,15). The highest BCUT2D eigenvalue weighted by molar-refractivity contribution is 7.89. The molecule has 1 rings (SSSR count). The van der Waals surface area contributed by atoms with Gasteiger partial charge in [-0.3, -0.25) is 10.8 Å². The van der Waals surface area contributed by atoms with Gasteiger partial charge in [0.2, 0.25) is 10.0 Å². The van der Waals surface area contributed by atoms with E-state index in [1.807, 2.05) is 32.8 Å². The van der Waals surface area contributed by atoms with Crippen LogP contribution in [0.15, 0.2) is 23.4 Å². The summed E-state index contributed by atoms with van der Waals surface area (Å²) in [6.45, 7) is 4.17. The Kier molecular flexibility index (Phi) is 4.86. The molecule has 0 fully saturated rings. The fourth-order valence-electron chi connectivity index (χ4n) is 1.22. The van der Waals surface area contributed by atoms with Crippen LogP contribution in [0.3, 0.4) is 0 Å². The summed E-state index contributed by atoms with van der Waals surface area (Å²) >= 11 is 0. The molecule has 108 valence electrons. The summed E-state index contributed by atoms with van der Waals surface area (Å²) in [5.41, 5.74) is 2.36. The molecule has 8 heteroatoms. The number of nitrogen functional groups attached to an aromatic ring is 1. The number of hydrogen-bond donors (Lipinski definition) is 3. The van der Waals surface area contributed by atoms with E-state index >= 15 is 0 Å². The minimum atomic E-state index is -3.65. The zero-order chi connectivity index (χ0) is 14.7. The second-order valence-electron chi connectivity index (χ2n) is 5.05. The molecule has 0 radical (unpaired) electrons. The van der Waals surface area contributed by atoms with Gasteiger partial charge in [0, 0.05) is 24.5 Å². The second kappa shape index (κ2) is 5.83. The molecule has 0 aliphatic rings. The van der Waals surface area contributed by atoms with E-state index in [0.717, 1.165) is 0 Å². The highest BCUT2D eigenvalue weighted by atomic mass is 32.2. The van der Waals surface area contributed by atoms with Crippen LogP contribution in [0.1, 0.15) is 13.8 Å². The Labute approximate surface area is 114 Å². The molecule has 1 aromatic rings. The minimum absolute atomic E-state index is 0.0343. The molecule has 0 atom stereocenters. The lowest BCUT2D eigenvalue weighted by atomic mass is 10.1. The third-order valence-electron chi connectivity index (χ3n) is 3.13. The number of anilines is 1. The number of hydrogen-bond acceptors (Lipinski definition) is 6. The van der Waals surface area contributed by atoms with Crippen LogP contribution in [0.4, 0.5) is 5.69 Å². The van der Waals surface area contributed by atoms with Crippen LogP contribution in [0, 0.1) is 0 Å². The maximum Gasteiger partial charge on any atom is 0.244 e. The summed E-state index contributed by atoms with van der Waals surface area (Å²) in [5, 5.41) is 0. The smallest absolute Gasteiger partial charge is 0.244 e. The van der Waals surface area contributed by atoms with Crippen molar-refractivity contribution in [2.24, 2.45) is 5.84 Å². The van der Waals surface area contributed by atoms with Crippen molar-refractivity contribution < 1.29 is 8.42 Å². The van der Waals surface area contributed by atoms with E-state index in [4.69, 9.17) is 5.84 Å². The van der Waals surface area contributed by atoms with Crippen LogP contribution in [-0.2, 0) is 10.0 Å². The number of pyridine rings is 1. The Morgan fingerprint density at radius 2 is 2.05 bits per heavy atom. The van der Waals surface area contributed by atoms with Crippen molar-refractivity contribution in [2.45, 2.75) is 24.3 Å². The zero-order valence-electron chi connectivity index (χ0n) is 11.6. The molecule has 7 nitrogen and oxygen atoms in total. The lowest BCUT2D eigenvalue weighted by Gasteiger charge is -2.32. The molecule has 0 aliphatic carbocycles. The molecule has 1 heterocycles.